The van der Waals surface area contributed by atoms with Gasteiger partial charge < -0.3 is 4.98 Å². The minimum atomic E-state index is -0.190. The molecule has 24 heavy (non-hydrogen) atoms. The predicted molar refractivity (Wildman–Crippen MR) is 92.1 cm³/mol. The number of aromatic amines is 1. The van der Waals surface area contributed by atoms with E-state index in [0.717, 1.165) is 66.9 Å². The zero-order chi connectivity index (χ0) is 16.5. The van der Waals surface area contributed by atoms with Crippen LogP contribution in [0.25, 0.3) is 10.9 Å². The Labute approximate surface area is 140 Å². The zero-order valence-corrected chi connectivity index (χ0v) is 13.8. The summed E-state index contributed by atoms with van der Waals surface area (Å²) < 4.78 is 13.5. The van der Waals surface area contributed by atoms with Crippen molar-refractivity contribution in [3.8, 4) is 0 Å². The van der Waals surface area contributed by atoms with Crippen molar-refractivity contribution in [2.75, 3.05) is 6.54 Å². The molecule has 4 rings (SSSR count). The highest BCUT2D eigenvalue weighted by molar-refractivity contribution is 5.83. The van der Waals surface area contributed by atoms with E-state index in [9.17, 15) is 4.39 Å². The number of H-pyrrole nitrogens is 1. The maximum absolute atomic E-state index is 13.5. The molecule has 0 unspecified atom stereocenters. The molecular formula is C19H21FN4. The van der Waals surface area contributed by atoms with Gasteiger partial charge in [-0.3, -0.25) is 4.90 Å². The van der Waals surface area contributed by atoms with Gasteiger partial charge in [-0.2, -0.15) is 0 Å². The Balaban J connectivity index is 1.55. The number of nitrogens with one attached hydrogen (secondary N) is 1. The fourth-order valence-corrected chi connectivity index (χ4v) is 3.40. The minimum Gasteiger partial charge on any atom is -0.361 e. The summed E-state index contributed by atoms with van der Waals surface area (Å²) in [5.41, 5.74) is 4.52. The van der Waals surface area contributed by atoms with Crippen molar-refractivity contribution in [1.29, 1.82) is 0 Å². The van der Waals surface area contributed by atoms with Crippen LogP contribution in [0.5, 0.6) is 0 Å². The summed E-state index contributed by atoms with van der Waals surface area (Å²) in [6.07, 6.45) is 6.94. The average molecular weight is 324 g/mol. The van der Waals surface area contributed by atoms with E-state index >= 15 is 0 Å². The number of benzene rings is 1. The molecule has 0 fully saturated rings. The third-order valence-corrected chi connectivity index (χ3v) is 4.67. The molecule has 1 N–H and O–H groups in total. The van der Waals surface area contributed by atoms with Crippen molar-refractivity contribution >= 4 is 10.9 Å². The van der Waals surface area contributed by atoms with E-state index in [-0.39, 0.29) is 5.82 Å². The standard InChI is InChI=1S/C19H21FN4/c1-2-3-19-22-9-13-6-7-24(12-18(13)23-19)11-14-10-21-17-5-4-15(20)8-16(14)17/h4-5,8-10,21H,2-3,6-7,11-12H2,1H3. The van der Waals surface area contributed by atoms with Gasteiger partial charge in [0.1, 0.15) is 11.6 Å². The van der Waals surface area contributed by atoms with Crippen LogP contribution in [0.2, 0.25) is 0 Å². The van der Waals surface area contributed by atoms with Crippen LogP contribution in [-0.4, -0.2) is 26.4 Å². The summed E-state index contributed by atoms with van der Waals surface area (Å²) in [7, 11) is 0. The lowest BCUT2D eigenvalue weighted by Crippen LogP contribution is -2.31. The Kier molecular flexibility index (Phi) is 4.02. The molecule has 1 aliphatic heterocycles. The number of rotatable bonds is 4. The van der Waals surface area contributed by atoms with E-state index in [2.05, 4.69) is 21.8 Å². The van der Waals surface area contributed by atoms with Crippen molar-refractivity contribution < 1.29 is 4.39 Å². The summed E-state index contributed by atoms with van der Waals surface area (Å²) in [6.45, 7) is 4.75. The molecule has 0 saturated carbocycles. The Morgan fingerprint density at radius 2 is 2.25 bits per heavy atom. The quantitative estimate of drug-likeness (QED) is 0.797. The van der Waals surface area contributed by atoms with Gasteiger partial charge in [0.2, 0.25) is 0 Å². The fourth-order valence-electron chi connectivity index (χ4n) is 3.40. The van der Waals surface area contributed by atoms with Crippen LogP contribution in [0.3, 0.4) is 0 Å². The monoisotopic (exact) mass is 324 g/mol. The molecule has 0 bridgehead atoms. The van der Waals surface area contributed by atoms with Crippen LogP contribution in [0.15, 0.2) is 30.6 Å². The first-order valence-electron chi connectivity index (χ1n) is 8.54. The average Bonchev–Trinajstić information content (AvgIpc) is 2.97. The van der Waals surface area contributed by atoms with Crippen molar-refractivity contribution in [1.82, 2.24) is 19.9 Å². The van der Waals surface area contributed by atoms with Crippen LogP contribution in [0.4, 0.5) is 4.39 Å². The Hall–Kier alpha value is -2.27. The Morgan fingerprint density at radius 3 is 3.12 bits per heavy atom. The predicted octanol–water partition coefficient (Wildman–Crippen LogP) is 3.61. The van der Waals surface area contributed by atoms with Crippen molar-refractivity contribution in [3.63, 3.8) is 0 Å². The molecule has 124 valence electrons. The van der Waals surface area contributed by atoms with Crippen molar-refractivity contribution in [2.24, 2.45) is 0 Å². The Bertz CT molecular complexity index is 871. The van der Waals surface area contributed by atoms with Gasteiger partial charge in [0.15, 0.2) is 0 Å². The summed E-state index contributed by atoms with van der Waals surface area (Å²) in [5.74, 6) is 0.747. The van der Waals surface area contributed by atoms with Crippen LogP contribution in [-0.2, 0) is 25.9 Å². The normalized spacial score (nSPS) is 14.9. The van der Waals surface area contributed by atoms with Gasteiger partial charge in [-0.15, -0.1) is 0 Å². The second-order valence-corrected chi connectivity index (χ2v) is 6.47. The fraction of sp³-hybridized carbons (Fsp3) is 0.368. The van der Waals surface area contributed by atoms with E-state index in [4.69, 9.17) is 4.98 Å². The maximum atomic E-state index is 13.5. The highest BCUT2D eigenvalue weighted by Gasteiger charge is 2.19. The number of halogens is 1. The van der Waals surface area contributed by atoms with E-state index < -0.39 is 0 Å². The molecule has 3 aromatic rings. The molecule has 5 heteroatoms. The number of hydrogen-bond donors (Lipinski definition) is 1. The first kappa shape index (κ1) is 15.3. The van der Waals surface area contributed by atoms with Crippen LogP contribution < -0.4 is 0 Å². The van der Waals surface area contributed by atoms with Gasteiger partial charge in [0.05, 0.1) is 5.69 Å². The number of hydrogen-bond acceptors (Lipinski definition) is 3. The molecule has 1 aromatic carbocycles. The SMILES string of the molecule is CCCc1ncc2c(n1)CN(Cc1c[nH]c3ccc(F)cc13)CC2. The second-order valence-electron chi connectivity index (χ2n) is 6.47. The third-order valence-electron chi connectivity index (χ3n) is 4.67. The van der Waals surface area contributed by atoms with E-state index in [1.807, 2.05) is 12.4 Å². The van der Waals surface area contributed by atoms with Crippen LogP contribution in [0.1, 0.15) is 36.0 Å². The molecule has 0 atom stereocenters. The molecule has 0 saturated heterocycles. The molecular weight excluding hydrogens is 303 g/mol. The molecule has 0 radical (unpaired) electrons. The summed E-state index contributed by atoms with van der Waals surface area (Å²) in [6, 6.07) is 4.90. The number of fused-ring (bicyclic) bond motifs is 2. The number of aryl methyl sites for hydroxylation is 1. The smallest absolute Gasteiger partial charge is 0.128 e. The van der Waals surface area contributed by atoms with Crippen LogP contribution >= 0.6 is 0 Å². The largest absolute Gasteiger partial charge is 0.361 e. The summed E-state index contributed by atoms with van der Waals surface area (Å²) in [5, 5.41) is 0.968. The summed E-state index contributed by atoms with van der Waals surface area (Å²) in [4.78, 5) is 14.8. The van der Waals surface area contributed by atoms with Gasteiger partial charge in [-0.25, -0.2) is 14.4 Å². The van der Waals surface area contributed by atoms with Gasteiger partial charge in [-0.05, 0) is 42.2 Å². The van der Waals surface area contributed by atoms with Gasteiger partial charge in [0, 0.05) is 49.4 Å². The molecule has 0 amide bonds. The molecule has 1 aliphatic rings. The van der Waals surface area contributed by atoms with E-state index in [1.54, 1.807) is 12.1 Å². The third kappa shape index (κ3) is 2.91. The lowest BCUT2D eigenvalue weighted by Gasteiger charge is -2.27. The molecule has 3 heterocycles. The Morgan fingerprint density at radius 1 is 1.33 bits per heavy atom. The first-order valence-corrected chi connectivity index (χ1v) is 8.54. The highest BCUT2D eigenvalue weighted by atomic mass is 19.1. The molecule has 2 aromatic heterocycles. The highest BCUT2D eigenvalue weighted by Crippen LogP contribution is 2.24. The van der Waals surface area contributed by atoms with Crippen molar-refractivity contribution in [3.05, 3.63) is 59.1 Å². The molecule has 0 aliphatic carbocycles. The van der Waals surface area contributed by atoms with Gasteiger partial charge in [0.25, 0.3) is 0 Å². The van der Waals surface area contributed by atoms with Gasteiger partial charge >= 0.3 is 0 Å². The number of nitrogens with zero attached hydrogens (tertiary/aromatic N) is 3. The van der Waals surface area contributed by atoms with E-state index in [0.29, 0.717) is 0 Å². The van der Waals surface area contributed by atoms with Gasteiger partial charge in [-0.1, -0.05) is 6.92 Å². The topological polar surface area (TPSA) is 44.8 Å². The van der Waals surface area contributed by atoms with Crippen molar-refractivity contribution in [2.45, 2.75) is 39.3 Å². The second kappa shape index (κ2) is 6.32. The summed E-state index contributed by atoms with van der Waals surface area (Å²) >= 11 is 0. The molecule has 0 spiro atoms. The van der Waals surface area contributed by atoms with E-state index in [1.165, 1.54) is 11.6 Å². The zero-order valence-electron chi connectivity index (χ0n) is 13.8. The first-order chi connectivity index (χ1) is 11.7. The van der Waals surface area contributed by atoms with Crippen LogP contribution in [0, 0.1) is 5.82 Å². The molecule has 4 nitrogen and oxygen atoms in total. The minimum absolute atomic E-state index is 0.190. The maximum Gasteiger partial charge on any atom is 0.128 e. The number of aromatic nitrogens is 3. The lowest BCUT2D eigenvalue weighted by molar-refractivity contribution is 0.241. The lowest BCUT2D eigenvalue weighted by atomic mass is 10.1.